The predicted octanol–water partition coefficient (Wildman–Crippen LogP) is 2.87. The zero-order valence-electron chi connectivity index (χ0n) is 8.86. The smallest absolute Gasteiger partial charge is 0.261 e. The summed E-state index contributed by atoms with van der Waals surface area (Å²) in [5, 5.41) is 0. The molecule has 2 aromatic heterocycles. The molecule has 0 saturated carbocycles. The summed E-state index contributed by atoms with van der Waals surface area (Å²) < 4.78 is 37.7. The molecule has 6 heteroatoms. The van der Waals surface area contributed by atoms with Crippen LogP contribution in [0.2, 0.25) is 0 Å². The van der Waals surface area contributed by atoms with Crippen molar-refractivity contribution in [2.24, 2.45) is 0 Å². The van der Waals surface area contributed by atoms with Gasteiger partial charge in [0.25, 0.3) is 0 Å². The van der Waals surface area contributed by atoms with Gasteiger partial charge >= 0.3 is 6.18 Å². The number of halogens is 3. The Morgan fingerprint density at radius 3 is 2.47 bits per heavy atom. The molecule has 0 amide bonds. The van der Waals surface area contributed by atoms with Crippen molar-refractivity contribution in [1.29, 1.82) is 0 Å². The summed E-state index contributed by atoms with van der Waals surface area (Å²) in [5.41, 5.74) is 0.125. The third kappa shape index (κ3) is 2.58. The van der Waals surface area contributed by atoms with E-state index < -0.39 is 11.9 Å². The van der Waals surface area contributed by atoms with Crippen molar-refractivity contribution in [2.45, 2.75) is 13.1 Å². The molecule has 0 atom stereocenters. The Kier molecular flexibility index (Phi) is 2.79. The molecule has 0 saturated heterocycles. The van der Waals surface area contributed by atoms with Crippen LogP contribution in [0, 0.1) is 6.92 Å². The second kappa shape index (κ2) is 4.12. The molecule has 17 heavy (non-hydrogen) atoms. The van der Waals surface area contributed by atoms with Gasteiger partial charge in [-0.05, 0) is 19.1 Å². The van der Waals surface area contributed by atoms with Gasteiger partial charge in [0, 0.05) is 23.7 Å². The highest BCUT2D eigenvalue weighted by molar-refractivity contribution is 5.58. The fourth-order valence-corrected chi connectivity index (χ4v) is 1.41. The Bertz CT molecular complexity index is 523. The summed E-state index contributed by atoms with van der Waals surface area (Å²) in [6, 6.07) is 2.51. The van der Waals surface area contributed by atoms with E-state index in [0.717, 1.165) is 6.07 Å². The normalized spacial score (nSPS) is 11.5. The Hall–Kier alpha value is -1.98. The Morgan fingerprint density at radius 2 is 1.88 bits per heavy atom. The molecule has 0 bridgehead atoms. The van der Waals surface area contributed by atoms with Crippen LogP contribution in [0.25, 0.3) is 11.3 Å². The van der Waals surface area contributed by atoms with Crippen LogP contribution in [0.1, 0.15) is 11.4 Å². The zero-order chi connectivity index (χ0) is 12.5. The molecule has 0 N–H and O–H groups in total. The van der Waals surface area contributed by atoms with Crippen LogP contribution in [0.3, 0.4) is 0 Å². The van der Waals surface area contributed by atoms with Crippen LogP contribution in [-0.2, 0) is 6.18 Å². The maximum atomic E-state index is 12.6. The van der Waals surface area contributed by atoms with Gasteiger partial charge in [-0.15, -0.1) is 0 Å². The van der Waals surface area contributed by atoms with Crippen LogP contribution in [0.15, 0.2) is 30.7 Å². The predicted molar refractivity (Wildman–Crippen MR) is 55.0 cm³/mol. The van der Waals surface area contributed by atoms with Gasteiger partial charge in [-0.1, -0.05) is 0 Å². The Labute approximate surface area is 95.4 Å². The maximum absolute atomic E-state index is 12.6. The van der Waals surface area contributed by atoms with Crippen molar-refractivity contribution >= 4 is 0 Å². The van der Waals surface area contributed by atoms with E-state index in [0.29, 0.717) is 17.0 Å². The van der Waals surface area contributed by atoms with Crippen LogP contribution in [-0.4, -0.2) is 15.0 Å². The van der Waals surface area contributed by atoms with E-state index in [1.165, 1.54) is 25.5 Å². The van der Waals surface area contributed by atoms with Crippen molar-refractivity contribution in [3.63, 3.8) is 0 Å². The van der Waals surface area contributed by atoms with Crippen molar-refractivity contribution in [3.8, 4) is 11.3 Å². The second-order valence-electron chi connectivity index (χ2n) is 3.47. The van der Waals surface area contributed by atoms with E-state index in [2.05, 4.69) is 15.0 Å². The summed E-state index contributed by atoms with van der Waals surface area (Å²) in [5.74, 6) is 0. The molecule has 2 aromatic rings. The summed E-state index contributed by atoms with van der Waals surface area (Å²) in [6.07, 6.45) is -0.154. The van der Waals surface area contributed by atoms with Gasteiger partial charge in [-0.2, -0.15) is 13.2 Å². The lowest BCUT2D eigenvalue weighted by Crippen LogP contribution is -2.09. The lowest BCUT2D eigenvalue weighted by Gasteiger charge is -2.08. The number of rotatable bonds is 1. The van der Waals surface area contributed by atoms with Gasteiger partial charge in [0.05, 0.1) is 11.9 Å². The minimum absolute atomic E-state index is 0.292. The highest BCUT2D eigenvalue weighted by Gasteiger charge is 2.33. The third-order valence-corrected chi connectivity index (χ3v) is 2.10. The number of aryl methyl sites for hydroxylation is 1. The van der Waals surface area contributed by atoms with Crippen molar-refractivity contribution in [2.75, 3.05) is 0 Å². The number of hydrogen-bond acceptors (Lipinski definition) is 3. The second-order valence-corrected chi connectivity index (χ2v) is 3.47. The van der Waals surface area contributed by atoms with E-state index in [4.69, 9.17) is 0 Å². The highest BCUT2D eigenvalue weighted by Crippen LogP contribution is 2.30. The standard InChI is InChI=1S/C11H8F3N3/c1-7-4-8(9-6-15-2-3-16-9)5-10(17-7)11(12,13)14/h2-6H,1H3. The summed E-state index contributed by atoms with van der Waals surface area (Å²) in [6.45, 7) is 1.51. The van der Waals surface area contributed by atoms with Gasteiger partial charge in [-0.25, -0.2) is 4.98 Å². The number of alkyl halides is 3. The number of hydrogen-bond donors (Lipinski definition) is 0. The largest absolute Gasteiger partial charge is 0.433 e. The molecule has 0 unspecified atom stereocenters. The van der Waals surface area contributed by atoms with Gasteiger partial charge < -0.3 is 0 Å². The molecule has 0 aliphatic rings. The van der Waals surface area contributed by atoms with Crippen LogP contribution in [0.4, 0.5) is 13.2 Å². The minimum Gasteiger partial charge on any atom is -0.261 e. The monoisotopic (exact) mass is 239 g/mol. The quantitative estimate of drug-likeness (QED) is 0.768. The zero-order valence-corrected chi connectivity index (χ0v) is 8.86. The molecule has 2 rings (SSSR count). The molecule has 0 aliphatic heterocycles. The van der Waals surface area contributed by atoms with E-state index >= 15 is 0 Å². The van der Waals surface area contributed by atoms with E-state index in [-0.39, 0.29) is 0 Å². The third-order valence-electron chi connectivity index (χ3n) is 2.10. The average Bonchev–Trinajstić information content (AvgIpc) is 2.28. The first kappa shape index (κ1) is 11.5. The lowest BCUT2D eigenvalue weighted by molar-refractivity contribution is -0.141. The fourth-order valence-electron chi connectivity index (χ4n) is 1.41. The Morgan fingerprint density at radius 1 is 1.12 bits per heavy atom. The first-order valence-electron chi connectivity index (χ1n) is 4.79. The topological polar surface area (TPSA) is 38.7 Å². The van der Waals surface area contributed by atoms with Gasteiger partial charge in [0.15, 0.2) is 0 Å². The van der Waals surface area contributed by atoms with Gasteiger partial charge in [0.2, 0.25) is 0 Å². The molecule has 88 valence electrons. The summed E-state index contributed by atoms with van der Waals surface area (Å²) in [7, 11) is 0. The van der Waals surface area contributed by atoms with Gasteiger partial charge in [0.1, 0.15) is 5.69 Å². The van der Waals surface area contributed by atoms with Crippen molar-refractivity contribution < 1.29 is 13.2 Å². The van der Waals surface area contributed by atoms with Crippen molar-refractivity contribution in [1.82, 2.24) is 15.0 Å². The molecule has 3 nitrogen and oxygen atoms in total. The fraction of sp³-hybridized carbons (Fsp3) is 0.182. The molecule has 0 aliphatic carbocycles. The number of nitrogens with zero attached hydrogens (tertiary/aromatic N) is 3. The van der Waals surface area contributed by atoms with E-state index in [9.17, 15) is 13.2 Å². The summed E-state index contributed by atoms with van der Waals surface area (Å²) in [4.78, 5) is 11.2. The van der Waals surface area contributed by atoms with Crippen LogP contribution >= 0.6 is 0 Å². The van der Waals surface area contributed by atoms with Crippen LogP contribution in [0.5, 0.6) is 0 Å². The molecule has 2 heterocycles. The first-order chi connectivity index (χ1) is 7.97. The van der Waals surface area contributed by atoms with Crippen molar-refractivity contribution in [3.05, 3.63) is 42.1 Å². The van der Waals surface area contributed by atoms with Crippen LogP contribution < -0.4 is 0 Å². The summed E-state index contributed by atoms with van der Waals surface area (Å²) >= 11 is 0. The molecule has 0 fully saturated rings. The molecule has 0 spiro atoms. The van der Waals surface area contributed by atoms with E-state index in [1.807, 2.05) is 0 Å². The molecular weight excluding hydrogens is 231 g/mol. The molecular formula is C11H8F3N3. The maximum Gasteiger partial charge on any atom is 0.433 e. The van der Waals surface area contributed by atoms with E-state index in [1.54, 1.807) is 6.07 Å². The first-order valence-corrected chi connectivity index (χ1v) is 4.79. The highest BCUT2D eigenvalue weighted by atomic mass is 19.4. The SMILES string of the molecule is Cc1cc(-c2cnccn2)cc(C(F)(F)F)n1. The lowest BCUT2D eigenvalue weighted by atomic mass is 10.1. The average molecular weight is 239 g/mol. The number of aromatic nitrogens is 3. The van der Waals surface area contributed by atoms with Gasteiger partial charge in [-0.3, -0.25) is 9.97 Å². The Balaban J connectivity index is 2.54. The number of pyridine rings is 1. The molecule has 0 aromatic carbocycles. The minimum atomic E-state index is -4.46. The molecule has 0 radical (unpaired) electrons.